The fourth-order valence-electron chi connectivity index (χ4n) is 4.56. The maximum atomic E-state index is 12.6. The number of aromatic amines is 1. The number of hydrogen-bond donors (Lipinski definition) is 3. The summed E-state index contributed by atoms with van der Waals surface area (Å²) in [5.41, 5.74) is 1.62. The molecule has 2 aromatic rings. The summed E-state index contributed by atoms with van der Waals surface area (Å²) in [7, 11) is 0. The lowest BCUT2D eigenvalue weighted by atomic mass is 9.84. The van der Waals surface area contributed by atoms with Crippen molar-refractivity contribution in [1.82, 2.24) is 20.5 Å². The molecule has 4 rings (SSSR count). The molecular weight excluding hydrogens is 368 g/mol. The van der Waals surface area contributed by atoms with Crippen molar-refractivity contribution in [3.8, 4) is 0 Å². The van der Waals surface area contributed by atoms with E-state index >= 15 is 0 Å². The van der Waals surface area contributed by atoms with Gasteiger partial charge in [0.1, 0.15) is 6.04 Å². The number of nitrogens with one attached hydrogen (secondary N) is 3. The lowest BCUT2D eigenvalue weighted by Crippen LogP contribution is -2.42. The Morgan fingerprint density at radius 1 is 1.31 bits per heavy atom. The summed E-state index contributed by atoms with van der Waals surface area (Å²) in [6.45, 7) is 5.24. The van der Waals surface area contributed by atoms with Crippen LogP contribution in [0.15, 0.2) is 30.5 Å². The van der Waals surface area contributed by atoms with Gasteiger partial charge >= 0.3 is 0 Å². The van der Waals surface area contributed by atoms with Crippen molar-refractivity contribution in [2.45, 2.75) is 39.2 Å². The summed E-state index contributed by atoms with van der Waals surface area (Å²) in [5, 5.41) is 6.97. The normalized spacial score (nSPS) is 23.9. The second-order valence-corrected chi connectivity index (χ2v) is 8.58. The summed E-state index contributed by atoms with van der Waals surface area (Å²) in [6, 6.07) is 7.55. The summed E-state index contributed by atoms with van der Waals surface area (Å²) >= 11 is 0. The fraction of sp³-hybridized carbons (Fsp3) is 0.500. The van der Waals surface area contributed by atoms with Crippen molar-refractivity contribution in [3.63, 3.8) is 0 Å². The van der Waals surface area contributed by atoms with Gasteiger partial charge in [0, 0.05) is 42.7 Å². The van der Waals surface area contributed by atoms with Gasteiger partial charge in [-0.1, -0.05) is 32.0 Å². The standard InChI is InChI=1S/C22H28N4O3/c1-14(2)20(28)26-10-8-22(13-26)11-18(25-21(22)29)19(27)23-9-7-15-12-24-17-6-4-3-5-16(15)17/h3-6,12,14,18,24H,7-11,13H2,1-2H3,(H,23,27)(H,25,29)/t18-,22+/m0/s1. The van der Waals surface area contributed by atoms with Crippen LogP contribution < -0.4 is 10.6 Å². The lowest BCUT2D eigenvalue weighted by Gasteiger charge is -2.22. The number of nitrogens with zero attached hydrogens (tertiary/aromatic N) is 1. The Hall–Kier alpha value is -2.83. The second-order valence-electron chi connectivity index (χ2n) is 8.58. The summed E-state index contributed by atoms with van der Waals surface area (Å²) in [5.74, 6) is -0.267. The largest absolute Gasteiger partial charge is 0.361 e. The Labute approximate surface area is 170 Å². The van der Waals surface area contributed by atoms with Gasteiger partial charge < -0.3 is 20.5 Å². The third kappa shape index (κ3) is 3.61. The molecule has 0 aliphatic carbocycles. The first kappa shape index (κ1) is 19.5. The number of benzene rings is 1. The van der Waals surface area contributed by atoms with E-state index in [4.69, 9.17) is 0 Å². The highest BCUT2D eigenvalue weighted by atomic mass is 16.2. The van der Waals surface area contributed by atoms with Crippen LogP contribution in [-0.4, -0.2) is 53.3 Å². The molecule has 1 aromatic carbocycles. The quantitative estimate of drug-likeness (QED) is 0.716. The molecular formula is C22H28N4O3. The smallest absolute Gasteiger partial charge is 0.242 e. The van der Waals surface area contributed by atoms with Gasteiger partial charge in [0.2, 0.25) is 17.7 Å². The zero-order valence-electron chi connectivity index (χ0n) is 17.0. The minimum Gasteiger partial charge on any atom is -0.361 e. The molecule has 7 heteroatoms. The fourth-order valence-corrected chi connectivity index (χ4v) is 4.56. The number of hydrogen-bond acceptors (Lipinski definition) is 3. The van der Waals surface area contributed by atoms with Crippen molar-refractivity contribution in [2.24, 2.45) is 11.3 Å². The predicted molar refractivity (Wildman–Crippen MR) is 110 cm³/mol. The zero-order chi connectivity index (χ0) is 20.6. The van der Waals surface area contributed by atoms with Crippen LogP contribution in [-0.2, 0) is 20.8 Å². The maximum Gasteiger partial charge on any atom is 0.242 e. The number of aromatic nitrogens is 1. The van der Waals surface area contributed by atoms with Gasteiger partial charge in [0.25, 0.3) is 0 Å². The molecule has 0 bridgehead atoms. The topological polar surface area (TPSA) is 94.3 Å². The number of carbonyl (C=O) groups excluding carboxylic acids is 3. The Kier molecular flexibility index (Phi) is 5.06. The Morgan fingerprint density at radius 3 is 2.90 bits per heavy atom. The van der Waals surface area contributed by atoms with Gasteiger partial charge in [-0.25, -0.2) is 0 Å². The summed E-state index contributed by atoms with van der Waals surface area (Å²) in [4.78, 5) is 42.5. The molecule has 3 amide bonds. The molecule has 7 nitrogen and oxygen atoms in total. The summed E-state index contributed by atoms with van der Waals surface area (Å²) < 4.78 is 0. The molecule has 3 N–H and O–H groups in total. The minimum absolute atomic E-state index is 0.0707. The van der Waals surface area contributed by atoms with E-state index < -0.39 is 11.5 Å². The molecule has 2 fully saturated rings. The van der Waals surface area contributed by atoms with E-state index in [-0.39, 0.29) is 23.6 Å². The predicted octanol–water partition coefficient (Wildman–Crippen LogP) is 1.59. The average molecular weight is 396 g/mol. The number of para-hydroxylation sites is 1. The van der Waals surface area contributed by atoms with Crippen molar-refractivity contribution in [1.29, 1.82) is 0 Å². The number of H-pyrrole nitrogens is 1. The number of likely N-dealkylation sites (tertiary alicyclic amines) is 1. The van der Waals surface area contributed by atoms with E-state index in [2.05, 4.69) is 21.7 Å². The minimum atomic E-state index is -0.622. The number of carbonyl (C=O) groups is 3. The monoisotopic (exact) mass is 396 g/mol. The van der Waals surface area contributed by atoms with Gasteiger partial charge in [-0.3, -0.25) is 14.4 Å². The highest BCUT2D eigenvalue weighted by molar-refractivity contribution is 5.95. The molecule has 0 radical (unpaired) electrons. The van der Waals surface area contributed by atoms with E-state index in [0.717, 1.165) is 22.9 Å². The third-order valence-electron chi connectivity index (χ3n) is 6.23. The lowest BCUT2D eigenvalue weighted by molar-refractivity contribution is -0.134. The zero-order valence-corrected chi connectivity index (χ0v) is 17.0. The summed E-state index contributed by atoms with van der Waals surface area (Å²) in [6.07, 6.45) is 3.77. The van der Waals surface area contributed by atoms with Gasteiger partial charge in [-0.15, -0.1) is 0 Å². The molecule has 2 atom stereocenters. The molecule has 2 aliphatic heterocycles. The number of fused-ring (bicyclic) bond motifs is 1. The van der Waals surface area contributed by atoms with Crippen molar-refractivity contribution >= 4 is 28.6 Å². The van der Waals surface area contributed by atoms with E-state index in [1.807, 2.05) is 38.2 Å². The van der Waals surface area contributed by atoms with E-state index in [1.54, 1.807) is 4.90 Å². The second kappa shape index (κ2) is 7.54. The molecule has 1 aromatic heterocycles. The first-order chi connectivity index (χ1) is 13.9. The molecule has 1 spiro atoms. The maximum absolute atomic E-state index is 12.6. The van der Waals surface area contributed by atoms with E-state index in [0.29, 0.717) is 32.5 Å². The van der Waals surface area contributed by atoms with Crippen LogP contribution in [0.25, 0.3) is 10.9 Å². The van der Waals surface area contributed by atoms with E-state index in [9.17, 15) is 14.4 Å². The van der Waals surface area contributed by atoms with Gasteiger partial charge in [-0.05, 0) is 30.9 Å². The molecule has 2 saturated heterocycles. The molecule has 0 saturated carbocycles. The Morgan fingerprint density at radius 2 is 2.10 bits per heavy atom. The van der Waals surface area contributed by atoms with Gasteiger partial charge in [0.15, 0.2) is 0 Å². The highest BCUT2D eigenvalue weighted by Gasteiger charge is 2.53. The molecule has 154 valence electrons. The number of amides is 3. The van der Waals surface area contributed by atoms with Crippen LogP contribution in [0.1, 0.15) is 32.3 Å². The van der Waals surface area contributed by atoms with Gasteiger partial charge in [-0.2, -0.15) is 0 Å². The van der Waals surface area contributed by atoms with Crippen LogP contribution in [0.5, 0.6) is 0 Å². The first-order valence-electron chi connectivity index (χ1n) is 10.3. The van der Waals surface area contributed by atoms with Gasteiger partial charge in [0.05, 0.1) is 5.41 Å². The Bertz CT molecular complexity index is 950. The Balaban J connectivity index is 1.32. The van der Waals surface area contributed by atoms with Crippen molar-refractivity contribution < 1.29 is 14.4 Å². The van der Waals surface area contributed by atoms with E-state index in [1.165, 1.54) is 0 Å². The van der Waals surface area contributed by atoms with Crippen LogP contribution in [0, 0.1) is 11.3 Å². The molecule has 3 heterocycles. The number of rotatable bonds is 5. The molecule has 0 unspecified atom stereocenters. The van der Waals surface area contributed by atoms with Crippen LogP contribution >= 0.6 is 0 Å². The van der Waals surface area contributed by atoms with Crippen LogP contribution in [0.3, 0.4) is 0 Å². The average Bonchev–Trinajstić information content (AvgIpc) is 3.40. The third-order valence-corrected chi connectivity index (χ3v) is 6.23. The molecule has 2 aliphatic rings. The van der Waals surface area contributed by atoms with Crippen molar-refractivity contribution in [2.75, 3.05) is 19.6 Å². The SMILES string of the molecule is CC(C)C(=O)N1CC[C@@]2(C[C@@H](C(=O)NCCc3c[nH]c4ccccc34)NC2=O)C1. The highest BCUT2D eigenvalue weighted by Crippen LogP contribution is 2.40. The molecule has 29 heavy (non-hydrogen) atoms. The van der Waals surface area contributed by atoms with Crippen molar-refractivity contribution in [3.05, 3.63) is 36.0 Å². The first-order valence-corrected chi connectivity index (χ1v) is 10.3. The van der Waals surface area contributed by atoms with Crippen LogP contribution in [0.4, 0.5) is 0 Å². The van der Waals surface area contributed by atoms with Crippen LogP contribution in [0.2, 0.25) is 0 Å².